The third-order valence-electron chi connectivity index (χ3n) is 3.93. The van der Waals surface area contributed by atoms with Crippen molar-refractivity contribution in [1.29, 1.82) is 0 Å². The molecule has 8 heteroatoms. The second-order valence-corrected chi connectivity index (χ2v) is 8.15. The van der Waals surface area contributed by atoms with E-state index >= 15 is 0 Å². The Morgan fingerprint density at radius 1 is 1.14 bits per heavy atom. The Kier molecular flexibility index (Phi) is 7.30. The van der Waals surface area contributed by atoms with Gasteiger partial charge < -0.3 is 4.74 Å². The third kappa shape index (κ3) is 5.03. The Morgan fingerprint density at radius 3 is 2.64 bits per heavy atom. The van der Waals surface area contributed by atoms with E-state index in [1.807, 2.05) is 41.8 Å². The summed E-state index contributed by atoms with van der Waals surface area (Å²) in [6, 6.07) is 12.8. The molecule has 4 nitrogen and oxygen atoms in total. The molecule has 0 aliphatic carbocycles. The molecule has 28 heavy (non-hydrogen) atoms. The number of nitrogens with zero attached hydrogens (tertiary/aromatic N) is 3. The number of hydrogen-bond donors (Lipinski definition) is 0. The average Bonchev–Trinajstić information content (AvgIpc) is 3.06. The first kappa shape index (κ1) is 21.1. The molecular formula is C20H18Cl3N3OS. The number of thioether (sulfide) groups is 1. The molecule has 1 unspecified atom stereocenters. The van der Waals surface area contributed by atoms with Crippen LogP contribution in [0.15, 0.2) is 60.3 Å². The van der Waals surface area contributed by atoms with Crippen LogP contribution in [-0.2, 0) is 12.3 Å². The van der Waals surface area contributed by atoms with Crippen LogP contribution < -0.4 is 4.74 Å². The van der Waals surface area contributed by atoms with Gasteiger partial charge in [0.1, 0.15) is 5.75 Å². The molecule has 0 saturated carbocycles. The maximum Gasteiger partial charge on any atom is 0.191 e. The largest absolute Gasteiger partial charge is 0.481 e. The van der Waals surface area contributed by atoms with Gasteiger partial charge in [0, 0.05) is 22.3 Å². The maximum absolute atomic E-state index is 6.27. The van der Waals surface area contributed by atoms with E-state index in [4.69, 9.17) is 39.5 Å². The molecule has 1 heterocycles. The predicted molar refractivity (Wildman–Crippen MR) is 117 cm³/mol. The van der Waals surface area contributed by atoms with Crippen molar-refractivity contribution in [3.05, 3.63) is 81.6 Å². The summed E-state index contributed by atoms with van der Waals surface area (Å²) < 4.78 is 7.97. The fourth-order valence-electron chi connectivity index (χ4n) is 2.57. The van der Waals surface area contributed by atoms with Gasteiger partial charge >= 0.3 is 0 Å². The number of para-hydroxylation sites is 1. The second-order valence-electron chi connectivity index (χ2n) is 5.95. The predicted octanol–water partition coefficient (Wildman–Crippen LogP) is 6.86. The topological polar surface area (TPSA) is 39.9 Å². The fraction of sp³-hybridized carbons (Fsp3) is 0.200. The zero-order valence-corrected chi connectivity index (χ0v) is 18.2. The number of rotatable bonds is 8. The highest BCUT2D eigenvalue weighted by Gasteiger charge is 2.20. The molecule has 0 N–H and O–H groups in total. The SMILES string of the molecule is C=CCn1c(SCc2ccc(Cl)cc2Cl)nnc1C(C)Oc1ccccc1Cl. The van der Waals surface area contributed by atoms with Gasteiger partial charge in [0.15, 0.2) is 17.1 Å². The van der Waals surface area contributed by atoms with Crippen molar-refractivity contribution < 1.29 is 4.74 Å². The Morgan fingerprint density at radius 2 is 1.93 bits per heavy atom. The lowest BCUT2D eigenvalue weighted by Crippen LogP contribution is -2.12. The summed E-state index contributed by atoms with van der Waals surface area (Å²) in [5.74, 6) is 1.95. The Labute approximate surface area is 183 Å². The highest BCUT2D eigenvalue weighted by Crippen LogP contribution is 2.31. The van der Waals surface area contributed by atoms with Crippen molar-refractivity contribution in [3.63, 3.8) is 0 Å². The molecule has 1 aromatic heterocycles. The van der Waals surface area contributed by atoms with E-state index < -0.39 is 0 Å². The Hall–Kier alpha value is -1.66. The highest BCUT2D eigenvalue weighted by molar-refractivity contribution is 7.98. The van der Waals surface area contributed by atoms with Gasteiger partial charge in [-0.3, -0.25) is 4.57 Å². The number of hydrogen-bond acceptors (Lipinski definition) is 4. The molecule has 1 atom stereocenters. The van der Waals surface area contributed by atoms with Gasteiger partial charge in [0.05, 0.1) is 5.02 Å². The van der Waals surface area contributed by atoms with Crippen LogP contribution in [-0.4, -0.2) is 14.8 Å². The zero-order chi connectivity index (χ0) is 20.1. The van der Waals surface area contributed by atoms with Crippen LogP contribution in [0.2, 0.25) is 15.1 Å². The Balaban J connectivity index is 1.79. The summed E-state index contributed by atoms with van der Waals surface area (Å²) >= 11 is 20.0. The summed E-state index contributed by atoms with van der Waals surface area (Å²) in [4.78, 5) is 0. The van der Waals surface area contributed by atoms with E-state index in [-0.39, 0.29) is 6.10 Å². The molecule has 3 aromatic rings. The van der Waals surface area contributed by atoms with Crippen molar-refractivity contribution in [1.82, 2.24) is 14.8 Å². The van der Waals surface area contributed by atoms with Gasteiger partial charge in [-0.1, -0.05) is 70.8 Å². The van der Waals surface area contributed by atoms with Crippen molar-refractivity contribution in [3.8, 4) is 5.75 Å². The number of halogens is 3. The van der Waals surface area contributed by atoms with Gasteiger partial charge in [-0.05, 0) is 36.8 Å². The summed E-state index contributed by atoms with van der Waals surface area (Å²) in [5, 5.41) is 11.2. The van der Waals surface area contributed by atoms with Crippen LogP contribution in [0.3, 0.4) is 0 Å². The van der Waals surface area contributed by atoms with Crippen LogP contribution >= 0.6 is 46.6 Å². The zero-order valence-electron chi connectivity index (χ0n) is 15.1. The lowest BCUT2D eigenvalue weighted by molar-refractivity contribution is 0.210. The van der Waals surface area contributed by atoms with E-state index in [1.54, 1.807) is 30.0 Å². The molecule has 0 radical (unpaired) electrons. The normalized spacial score (nSPS) is 12.0. The first-order chi connectivity index (χ1) is 13.5. The van der Waals surface area contributed by atoms with Gasteiger partial charge in [0.25, 0.3) is 0 Å². The summed E-state index contributed by atoms with van der Waals surface area (Å²) in [6.45, 7) is 6.31. The molecule has 3 rings (SSSR count). The van der Waals surface area contributed by atoms with Crippen LogP contribution in [0.4, 0.5) is 0 Å². The highest BCUT2D eigenvalue weighted by atomic mass is 35.5. The minimum Gasteiger partial charge on any atom is -0.481 e. The lowest BCUT2D eigenvalue weighted by atomic mass is 10.2. The molecule has 0 aliphatic rings. The number of aromatic nitrogens is 3. The van der Waals surface area contributed by atoms with Gasteiger partial charge in [0.2, 0.25) is 0 Å². The molecule has 0 fully saturated rings. The summed E-state index contributed by atoms with van der Waals surface area (Å²) in [7, 11) is 0. The van der Waals surface area contributed by atoms with Crippen molar-refractivity contribution in [2.24, 2.45) is 0 Å². The first-order valence-corrected chi connectivity index (χ1v) is 10.6. The molecule has 0 bridgehead atoms. The monoisotopic (exact) mass is 453 g/mol. The summed E-state index contributed by atoms with van der Waals surface area (Å²) in [5.41, 5.74) is 0.978. The molecular weight excluding hydrogens is 437 g/mol. The average molecular weight is 455 g/mol. The van der Waals surface area contributed by atoms with E-state index in [1.165, 1.54) is 0 Å². The van der Waals surface area contributed by atoms with E-state index in [9.17, 15) is 0 Å². The first-order valence-electron chi connectivity index (χ1n) is 8.51. The number of allylic oxidation sites excluding steroid dienone is 1. The number of ether oxygens (including phenoxy) is 1. The fourth-order valence-corrected chi connectivity index (χ4v) is 4.27. The lowest BCUT2D eigenvalue weighted by Gasteiger charge is -2.16. The molecule has 0 saturated heterocycles. The van der Waals surface area contributed by atoms with Crippen molar-refractivity contribution >= 4 is 46.6 Å². The second kappa shape index (κ2) is 9.70. The molecule has 0 aliphatic heterocycles. The smallest absolute Gasteiger partial charge is 0.191 e. The van der Waals surface area contributed by atoms with Crippen molar-refractivity contribution in [2.45, 2.75) is 30.5 Å². The van der Waals surface area contributed by atoms with Crippen LogP contribution in [0.1, 0.15) is 24.4 Å². The van der Waals surface area contributed by atoms with Gasteiger partial charge in [-0.15, -0.1) is 16.8 Å². The van der Waals surface area contributed by atoms with Crippen LogP contribution in [0.25, 0.3) is 0 Å². The van der Waals surface area contributed by atoms with Crippen LogP contribution in [0.5, 0.6) is 5.75 Å². The van der Waals surface area contributed by atoms with Crippen molar-refractivity contribution in [2.75, 3.05) is 0 Å². The third-order valence-corrected chi connectivity index (χ3v) is 5.85. The standard InChI is InChI=1S/C20H18Cl3N3OS/c1-3-10-26-19(13(2)27-18-7-5-4-6-16(18)22)24-25-20(26)28-12-14-8-9-15(21)11-17(14)23/h3-9,11,13H,1,10,12H2,2H3. The molecule has 0 amide bonds. The van der Waals surface area contributed by atoms with Crippen LogP contribution in [0, 0.1) is 0 Å². The maximum atomic E-state index is 6.27. The Bertz CT molecular complexity index is 977. The van der Waals surface area contributed by atoms with E-state index in [2.05, 4.69) is 16.8 Å². The quantitative estimate of drug-likeness (QED) is 0.275. The van der Waals surface area contributed by atoms with Gasteiger partial charge in [-0.2, -0.15) is 0 Å². The molecule has 146 valence electrons. The van der Waals surface area contributed by atoms with E-state index in [0.717, 1.165) is 10.7 Å². The molecule has 2 aromatic carbocycles. The molecule has 0 spiro atoms. The summed E-state index contributed by atoms with van der Waals surface area (Å²) in [6.07, 6.45) is 1.47. The number of benzene rings is 2. The minimum absolute atomic E-state index is 0.333. The minimum atomic E-state index is -0.333. The van der Waals surface area contributed by atoms with Gasteiger partial charge in [-0.25, -0.2) is 0 Å². The van der Waals surface area contributed by atoms with E-state index in [0.29, 0.717) is 38.9 Å².